The number of H-pyrrole nitrogens is 1. The number of methoxy groups -OCH3 is 1. The molecule has 2 unspecified atom stereocenters. The van der Waals surface area contributed by atoms with E-state index in [-0.39, 0.29) is 12.1 Å². The number of benzene rings is 1. The van der Waals surface area contributed by atoms with Crippen molar-refractivity contribution in [2.24, 2.45) is 0 Å². The molecule has 0 spiro atoms. The molecule has 2 atom stereocenters. The molecule has 0 aliphatic carbocycles. The third kappa shape index (κ3) is 2.90. The minimum Gasteiger partial charge on any atom is -0.380 e. The van der Waals surface area contributed by atoms with Crippen LogP contribution >= 0.6 is 0 Å². The van der Waals surface area contributed by atoms with E-state index in [0.29, 0.717) is 0 Å². The van der Waals surface area contributed by atoms with E-state index in [1.165, 1.54) is 0 Å². The number of nitrogens with zero attached hydrogens (tertiary/aromatic N) is 1. The SMILES string of the molecule is COC(C)C(C)Nc1ccc(-c2cnc[nH]2)cc1. The number of hydrogen-bond donors (Lipinski definition) is 2. The molecule has 1 heterocycles. The average Bonchev–Trinajstić information content (AvgIpc) is 2.92. The van der Waals surface area contributed by atoms with Crippen molar-refractivity contribution in [2.75, 3.05) is 12.4 Å². The van der Waals surface area contributed by atoms with Gasteiger partial charge in [0.15, 0.2) is 0 Å². The number of anilines is 1. The third-order valence-corrected chi connectivity index (χ3v) is 3.16. The van der Waals surface area contributed by atoms with Crippen molar-refractivity contribution in [1.29, 1.82) is 0 Å². The van der Waals surface area contributed by atoms with E-state index >= 15 is 0 Å². The zero-order valence-electron chi connectivity index (χ0n) is 11.0. The lowest BCUT2D eigenvalue weighted by molar-refractivity contribution is 0.106. The van der Waals surface area contributed by atoms with Gasteiger partial charge in [0.25, 0.3) is 0 Å². The molecule has 0 aliphatic rings. The lowest BCUT2D eigenvalue weighted by Crippen LogP contribution is -2.29. The molecule has 0 saturated heterocycles. The van der Waals surface area contributed by atoms with Gasteiger partial charge in [0.1, 0.15) is 0 Å². The van der Waals surface area contributed by atoms with Crippen LogP contribution in [0.3, 0.4) is 0 Å². The maximum atomic E-state index is 5.29. The van der Waals surface area contributed by atoms with Gasteiger partial charge >= 0.3 is 0 Å². The summed E-state index contributed by atoms with van der Waals surface area (Å²) in [5.74, 6) is 0. The molecule has 2 rings (SSSR count). The summed E-state index contributed by atoms with van der Waals surface area (Å²) in [6.07, 6.45) is 3.68. The average molecular weight is 245 g/mol. The van der Waals surface area contributed by atoms with E-state index < -0.39 is 0 Å². The number of aromatic amines is 1. The molecular formula is C14H19N3O. The van der Waals surface area contributed by atoms with Crippen molar-refractivity contribution in [2.45, 2.75) is 26.0 Å². The lowest BCUT2D eigenvalue weighted by atomic mass is 10.1. The first kappa shape index (κ1) is 12.6. The zero-order chi connectivity index (χ0) is 13.0. The van der Waals surface area contributed by atoms with E-state index in [1.54, 1.807) is 13.4 Å². The minimum atomic E-state index is 0.178. The molecule has 0 bridgehead atoms. The summed E-state index contributed by atoms with van der Waals surface area (Å²) in [7, 11) is 1.73. The Labute approximate surface area is 107 Å². The van der Waals surface area contributed by atoms with Gasteiger partial charge in [-0.15, -0.1) is 0 Å². The molecule has 4 heteroatoms. The minimum absolute atomic E-state index is 0.178. The monoisotopic (exact) mass is 245 g/mol. The molecule has 0 radical (unpaired) electrons. The fourth-order valence-corrected chi connectivity index (χ4v) is 1.74. The molecule has 0 fully saturated rings. The lowest BCUT2D eigenvalue weighted by Gasteiger charge is -2.21. The summed E-state index contributed by atoms with van der Waals surface area (Å²) in [5.41, 5.74) is 3.25. The first-order valence-corrected chi connectivity index (χ1v) is 6.09. The number of aromatic nitrogens is 2. The van der Waals surface area contributed by atoms with Crippen LogP contribution < -0.4 is 5.32 Å². The van der Waals surface area contributed by atoms with Crippen molar-refractivity contribution in [3.8, 4) is 11.3 Å². The van der Waals surface area contributed by atoms with Gasteiger partial charge in [0, 0.05) is 18.8 Å². The highest BCUT2D eigenvalue weighted by molar-refractivity contribution is 5.62. The van der Waals surface area contributed by atoms with Crippen LogP contribution in [0.1, 0.15) is 13.8 Å². The van der Waals surface area contributed by atoms with Crippen molar-refractivity contribution in [1.82, 2.24) is 9.97 Å². The number of nitrogens with one attached hydrogen (secondary N) is 2. The molecular weight excluding hydrogens is 226 g/mol. The second-order valence-electron chi connectivity index (χ2n) is 4.42. The van der Waals surface area contributed by atoms with E-state index in [4.69, 9.17) is 4.74 Å². The largest absolute Gasteiger partial charge is 0.380 e. The topological polar surface area (TPSA) is 49.9 Å². The summed E-state index contributed by atoms with van der Waals surface area (Å²) >= 11 is 0. The molecule has 4 nitrogen and oxygen atoms in total. The Morgan fingerprint density at radius 1 is 1.22 bits per heavy atom. The Hall–Kier alpha value is -1.81. The highest BCUT2D eigenvalue weighted by Crippen LogP contribution is 2.19. The van der Waals surface area contributed by atoms with Crippen LogP contribution in [0.2, 0.25) is 0 Å². The van der Waals surface area contributed by atoms with Gasteiger partial charge in [-0.05, 0) is 31.5 Å². The van der Waals surface area contributed by atoms with E-state index in [0.717, 1.165) is 16.9 Å². The summed E-state index contributed by atoms with van der Waals surface area (Å²) in [5, 5.41) is 3.41. The maximum absolute atomic E-state index is 5.29. The van der Waals surface area contributed by atoms with Crippen LogP contribution in [0.5, 0.6) is 0 Å². The van der Waals surface area contributed by atoms with Crippen LogP contribution in [0, 0.1) is 0 Å². The standard InChI is InChI=1S/C14H19N3O/c1-10(11(2)18-3)17-13-6-4-12(5-7-13)14-8-15-9-16-14/h4-11,17H,1-3H3,(H,15,16). The van der Waals surface area contributed by atoms with Gasteiger partial charge in [-0.25, -0.2) is 4.98 Å². The Balaban J connectivity index is 2.04. The molecule has 0 aliphatic heterocycles. The third-order valence-electron chi connectivity index (χ3n) is 3.16. The van der Waals surface area contributed by atoms with Crippen molar-refractivity contribution in [3.63, 3.8) is 0 Å². The normalized spacial score (nSPS) is 14.2. The van der Waals surface area contributed by atoms with Gasteiger partial charge in [-0.3, -0.25) is 0 Å². The maximum Gasteiger partial charge on any atom is 0.0924 e. The summed E-state index contributed by atoms with van der Waals surface area (Å²) in [6.45, 7) is 4.16. The predicted molar refractivity (Wildman–Crippen MR) is 73.6 cm³/mol. The van der Waals surface area contributed by atoms with Crippen molar-refractivity contribution in [3.05, 3.63) is 36.8 Å². The van der Waals surface area contributed by atoms with E-state index in [2.05, 4.69) is 53.4 Å². The van der Waals surface area contributed by atoms with Gasteiger partial charge < -0.3 is 15.0 Å². The molecule has 2 aromatic rings. The van der Waals surface area contributed by atoms with Gasteiger partial charge in [0.05, 0.1) is 24.3 Å². The second-order valence-corrected chi connectivity index (χ2v) is 4.42. The molecule has 96 valence electrons. The van der Waals surface area contributed by atoms with Crippen LogP contribution in [0.4, 0.5) is 5.69 Å². The smallest absolute Gasteiger partial charge is 0.0924 e. The second kappa shape index (κ2) is 5.69. The first-order valence-electron chi connectivity index (χ1n) is 6.09. The number of hydrogen-bond acceptors (Lipinski definition) is 3. The van der Waals surface area contributed by atoms with Crippen molar-refractivity contribution >= 4 is 5.69 Å². The van der Waals surface area contributed by atoms with Gasteiger partial charge in [-0.1, -0.05) is 12.1 Å². The Morgan fingerprint density at radius 2 is 1.94 bits per heavy atom. The fourth-order valence-electron chi connectivity index (χ4n) is 1.74. The first-order chi connectivity index (χ1) is 8.70. The highest BCUT2D eigenvalue weighted by Gasteiger charge is 2.10. The molecule has 0 amide bonds. The Bertz CT molecular complexity index is 464. The van der Waals surface area contributed by atoms with Gasteiger partial charge in [-0.2, -0.15) is 0 Å². The van der Waals surface area contributed by atoms with E-state index in [1.807, 2.05) is 6.20 Å². The molecule has 2 N–H and O–H groups in total. The van der Waals surface area contributed by atoms with Crippen LogP contribution in [0.25, 0.3) is 11.3 Å². The Morgan fingerprint density at radius 3 is 2.50 bits per heavy atom. The number of imidazole rings is 1. The molecule has 1 aromatic heterocycles. The summed E-state index contributed by atoms with van der Waals surface area (Å²) < 4.78 is 5.29. The zero-order valence-corrected chi connectivity index (χ0v) is 11.0. The van der Waals surface area contributed by atoms with Gasteiger partial charge in [0.2, 0.25) is 0 Å². The number of rotatable bonds is 5. The van der Waals surface area contributed by atoms with E-state index in [9.17, 15) is 0 Å². The fraction of sp³-hybridized carbons (Fsp3) is 0.357. The molecule has 18 heavy (non-hydrogen) atoms. The highest BCUT2D eigenvalue weighted by atomic mass is 16.5. The van der Waals surface area contributed by atoms with Crippen LogP contribution in [-0.2, 0) is 4.74 Å². The molecule has 0 saturated carbocycles. The predicted octanol–water partition coefficient (Wildman–Crippen LogP) is 2.91. The quantitative estimate of drug-likeness (QED) is 0.851. The summed E-state index contributed by atoms with van der Waals surface area (Å²) in [4.78, 5) is 7.11. The van der Waals surface area contributed by atoms with Crippen LogP contribution in [0.15, 0.2) is 36.8 Å². The Kier molecular flexibility index (Phi) is 3.99. The number of ether oxygens (including phenoxy) is 1. The molecule has 1 aromatic carbocycles. The summed E-state index contributed by atoms with van der Waals surface area (Å²) in [6, 6.07) is 8.54. The van der Waals surface area contributed by atoms with Crippen LogP contribution in [-0.4, -0.2) is 29.2 Å². The van der Waals surface area contributed by atoms with Crippen molar-refractivity contribution < 1.29 is 4.74 Å².